The Morgan fingerprint density at radius 3 is 2.53 bits per heavy atom. The van der Waals surface area contributed by atoms with E-state index in [2.05, 4.69) is 19.6 Å². The Morgan fingerprint density at radius 1 is 1.32 bits per heavy atom. The smallest absolute Gasteiger partial charge is 0.339 e. The Labute approximate surface area is 114 Å². The lowest BCUT2D eigenvalue weighted by atomic mass is 9.81. The summed E-state index contributed by atoms with van der Waals surface area (Å²) in [6, 6.07) is 9.12. The average Bonchev–Trinajstić information content (AvgIpc) is 2.42. The van der Waals surface area contributed by atoms with Crippen LogP contribution in [0.1, 0.15) is 43.5 Å². The Kier molecular flexibility index (Phi) is 3.89. The first-order valence-corrected chi connectivity index (χ1v) is 6.63. The monoisotopic (exact) mass is 256 g/mol. The van der Waals surface area contributed by atoms with Crippen LogP contribution < -0.4 is 0 Å². The molecule has 2 nitrogen and oxygen atoms in total. The highest BCUT2D eigenvalue weighted by Crippen LogP contribution is 2.36. The Morgan fingerprint density at radius 2 is 2.00 bits per heavy atom. The number of hydrogen-bond donors (Lipinski definition) is 0. The maximum absolute atomic E-state index is 12.2. The highest BCUT2D eigenvalue weighted by atomic mass is 16.6. The highest BCUT2D eigenvalue weighted by Gasteiger charge is 2.36. The van der Waals surface area contributed by atoms with Gasteiger partial charge in [-0.25, -0.2) is 4.79 Å². The molecule has 2 rings (SSSR count). The minimum Gasteiger partial charge on any atom is -0.451 e. The quantitative estimate of drug-likeness (QED) is 0.595. The van der Waals surface area contributed by atoms with Crippen molar-refractivity contribution in [3.63, 3.8) is 0 Å². The van der Waals surface area contributed by atoms with Gasteiger partial charge in [-0.2, -0.15) is 0 Å². The number of rotatable bonds is 3. The third-order valence-corrected chi connectivity index (χ3v) is 3.78. The molecule has 0 N–H and O–H groups in total. The van der Waals surface area contributed by atoms with Crippen molar-refractivity contribution in [1.82, 2.24) is 0 Å². The number of allylic oxidation sites excluding steroid dienone is 1. The van der Waals surface area contributed by atoms with Crippen LogP contribution in [0.5, 0.6) is 0 Å². The van der Waals surface area contributed by atoms with Gasteiger partial charge >= 0.3 is 5.97 Å². The predicted octanol–water partition coefficient (Wildman–Crippen LogP) is 4.29. The maximum atomic E-state index is 12.2. The van der Waals surface area contributed by atoms with Crippen LogP contribution in [-0.2, 0) is 4.74 Å². The molecule has 1 atom stereocenters. The summed E-state index contributed by atoms with van der Waals surface area (Å²) in [5, 5.41) is 0. The molecule has 2 heteroatoms. The molecule has 0 amide bonds. The first kappa shape index (κ1) is 13.6. The Balaban J connectivity index is 2.19. The van der Waals surface area contributed by atoms with Crippen molar-refractivity contribution in [2.75, 3.05) is 0 Å². The van der Waals surface area contributed by atoms with Gasteiger partial charge in [0.05, 0.1) is 5.56 Å². The van der Waals surface area contributed by atoms with Gasteiger partial charge in [-0.05, 0) is 44.4 Å². The van der Waals surface area contributed by atoms with E-state index in [4.69, 9.17) is 4.74 Å². The zero-order valence-electron chi connectivity index (χ0n) is 11.6. The third kappa shape index (κ3) is 2.95. The van der Waals surface area contributed by atoms with Crippen LogP contribution in [0.25, 0.3) is 0 Å². The summed E-state index contributed by atoms with van der Waals surface area (Å²) in [4.78, 5) is 12.2. The minimum atomic E-state index is -0.535. The molecule has 1 aliphatic carbocycles. The van der Waals surface area contributed by atoms with Gasteiger partial charge in [0.15, 0.2) is 0 Å². The molecule has 0 fully saturated rings. The molecule has 0 saturated carbocycles. The zero-order chi connectivity index (χ0) is 13.9. The van der Waals surface area contributed by atoms with E-state index in [1.54, 1.807) is 12.1 Å². The molecule has 0 radical (unpaired) electrons. The molecular formula is C17H20O2. The van der Waals surface area contributed by atoms with Gasteiger partial charge in [0.1, 0.15) is 5.60 Å². The number of benzene rings is 1. The van der Waals surface area contributed by atoms with Gasteiger partial charge in [0, 0.05) is 6.42 Å². The van der Waals surface area contributed by atoms with E-state index in [1.165, 1.54) is 5.57 Å². The van der Waals surface area contributed by atoms with Crippen LogP contribution in [0, 0.1) is 0 Å². The molecule has 1 aromatic rings. The van der Waals surface area contributed by atoms with E-state index < -0.39 is 5.60 Å². The van der Waals surface area contributed by atoms with Crippen molar-refractivity contribution in [2.45, 2.75) is 38.7 Å². The van der Waals surface area contributed by atoms with Crippen molar-refractivity contribution in [2.24, 2.45) is 0 Å². The molecule has 0 heterocycles. The second-order valence-corrected chi connectivity index (χ2v) is 5.28. The fraction of sp³-hybridized carbons (Fsp3) is 0.353. The molecule has 1 aromatic carbocycles. The van der Waals surface area contributed by atoms with E-state index in [0.29, 0.717) is 5.56 Å². The predicted molar refractivity (Wildman–Crippen MR) is 77.0 cm³/mol. The molecule has 1 aliphatic rings. The number of ether oxygens (including phenoxy) is 1. The van der Waals surface area contributed by atoms with Gasteiger partial charge in [-0.1, -0.05) is 36.4 Å². The molecule has 19 heavy (non-hydrogen) atoms. The van der Waals surface area contributed by atoms with E-state index in [1.807, 2.05) is 25.1 Å². The molecular weight excluding hydrogens is 236 g/mol. The molecule has 0 saturated heterocycles. The first-order chi connectivity index (χ1) is 9.03. The second-order valence-electron chi connectivity index (χ2n) is 5.28. The lowest BCUT2D eigenvalue weighted by Gasteiger charge is -2.36. The van der Waals surface area contributed by atoms with Crippen LogP contribution >= 0.6 is 0 Å². The summed E-state index contributed by atoms with van der Waals surface area (Å²) in [6.45, 7) is 8.07. The average molecular weight is 256 g/mol. The summed E-state index contributed by atoms with van der Waals surface area (Å²) in [5.74, 6) is -0.267. The molecule has 0 aliphatic heterocycles. The molecule has 0 bridgehead atoms. The van der Waals surface area contributed by atoms with Crippen LogP contribution in [0.3, 0.4) is 0 Å². The summed E-state index contributed by atoms with van der Waals surface area (Å²) in [5.41, 5.74) is 2.33. The van der Waals surface area contributed by atoms with Crippen molar-refractivity contribution in [1.29, 1.82) is 0 Å². The van der Waals surface area contributed by atoms with E-state index >= 15 is 0 Å². The van der Waals surface area contributed by atoms with Crippen LogP contribution in [-0.4, -0.2) is 11.6 Å². The van der Waals surface area contributed by atoms with Crippen LogP contribution in [0.2, 0.25) is 0 Å². The lowest BCUT2D eigenvalue weighted by molar-refractivity contribution is -0.00523. The zero-order valence-corrected chi connectivity index (χ0v) is 11.6. The lowest BCUT2D eigenvalue weighted by Crippen LogP contribution is -2.37. The molecule has 100 valence electrons. The minimum absolute atomic E-state index is 0.267. The topological polar surface area (TPSA) is 26.3 Å². The van der Waals surface area contributed by atoms with Gasteiger partial charge in [-0.15, -0.1) is 0 Å². The van der Waals surface area contributed by atoms with Gasteiger partial charge in [0.2, 0.25) is 0 Å². The van der Waals surface area contributed by atoms with Crippen molar-refractivity contribution in [3.8, 4) is 0 Å². The maximum Gasteiger partial charge on any atom is 0.339 e. The number of hydrogen-bond acceptors (Lipinski definition) is 2. The summed E-state index contributed by atoms with van der Waals surface area (Å²) in [7, 11) is 0. The van der Waals surface area contributed by atoms with Crippen LogP contribution in [0.15, 0.2) is 54.1 Å². The van der Waals surface area contributed by atoms with Crippen molar-refractivity contribution >= 4 is 5.97 Å². The van der Waals surface area contributed by atoms with Gasteiger partial charge in [-0.3, -0.25) is 0 Å². The van der Waals surface area contributed by atoms with E-state index in [-0.39, 0.29) is 5.97 Å². The standard InChI is InChI=1S/C17H20O2/c1-13(2)17(11-9-14(3)10-12-17)19-16(18)15-7-5-4-6-8-15/h4-9H,1,10-12H2,2-3H3/t17-/m1/s1. The van der Waals surface area contributed by atoms with Crippen molar-refractivity contribution in [3.05, 3.63) is 59.7 Å². The first-order valence-electron chi connectivity index (χ1n) is 6.63. The second kappa shape index (κ2) is 5.43. The molecule has 0 aromatic heterocycles. The van der Waals surface area contributed by atoms with Crippen LogP contribution in [0.4, 0.5) is 0 Å². The number of esters is 1. The largest absolute Gasteiger partial charge is 0.451 e. The molecule has 0 spiro atoms. The summed E-state index contributed by atoms with van der Waals surface area (Å²) in [6.07, 6.45) is 4.65. The third-order valence-electron chi connectivity index (χ3n) is 3.78. The fourth-order valence-electron chi connectivity index (χ4n) is 2.32. The highest BCUT2D eigenvalue weighted by molar-refractivity contribution is 5.89. The number of carbonyl (C=O) groups excluding carboxylic acids is 1. The molecule has 0 unspecified atom stereocenters. The SMILES string of the molecule is C=C(C)[C@@]1(OC(=O)c2ccccc2)CC=C(C)CC1. The Hall–Kier alpha value is -1.83. The van der Waals surface area contributed by atoms with E-state index in [9.17, 15) is 4.79 Å². The van der Waals surface area contributed by atoms with Crippen molar-refractivity contribution < 1.29 is 9.53 Å². The van der Waals surface area contributed by atoms with Gasteiger partial charge in [0.25, 0.3) is 0 Å². The van der Waals surface area contributed by atoms with Gasteiger partial charge < -0.3 is 4.74 Å². The number of carbonyl (C=O) groups is 1. The normalized spacial score (nSPS) is 22.5. The van der Waals surface area contributed by atoms with E-state index in [0.717, 1.165) is 24.8 Å². The summed E-state index contributed by atoms with van der Waals surface area (Å²) < 4.78 is 5.79. The Bertz CT molecular complexity index is 513. The fourth-order valence-corrected chi connectivity index (χ4v) is 2.32. The summed E-state index contributed by atoms with van der Waals surface area (Å²) >= 11 is 0.